The first-order valence-corrected chi connectivity index (χ1v) is 8.02. The molecule has 124 valence electrons. The third kappa shape index (κ3) is 3.16. The maximum absolute atomic E-state index is 12.6. The van der Waals surface area contributed by atoms with Gasteiger partial charge in [-0.05, 0) is 38.2 Å². The Labute approximate surface area is 141 Å². The predicted octanol–water partition coefficient (Wildman–Crippen LogP) is 2.34. The zero-order valence-corrected chi connectivity index (χ0v) is 14.3. The Kier molecular flexibility index (Phi) is 4.62. The number of aromatic nitrogens is 3. The monoisotopic (exact) mass is 322 g/mol. The minimum atomic E-state index is -0.140. The number of nitrogens with zero attached hydrogens (tertiary/aromatic N) is 4. The van der Waals surface area contributed by atoms with Gasteiger partial charge >= 0.3 is 5.69 Å². The van der Waals surface area contributed by atoms with E-state index in [4.69, 9.17) is 0 Å². The number of benzene rings is 2. The largest absolute Gasteiger partial charge is 0.350 e. The number of hydrogen-bond donors (Lipinski definition) is 0. The molecule has 0 saturated heterocycles. The highest BCUT2D eigenvalue weighted by atomic mass is 16.2. The summed E-state index contributed by atoms with van der Waals surface area (Å²) in [4.78, 5) is 14.7. The van der Waals surface area contributed by atoms with Crippen LogP contribution in [-0.4, -0.2) is 39.9 Å². The molecule has 0 spiro atoms. The van der Waals surface area contributed by atoms with Gasteiger partial charge in [0.05, 0.1) is 5.69 Å². The van der Waals surface area contributed by atoms with E-state index in [1.807, 2.05) is 48.5 Å². The van der Waals surface area contributed by atoms with Crippen molar-refractivity contribution in [2.24, 2.45) is 7.05 Å². The van der Waals surface area contributed by atoms with Gasteiger partial charge in [-0.15, -0.1) is 5.10 Å². The number of rotatable bonds is 5. The summed E-state index contributed by atoms with van der Waals surface area (Å²) < 4.78 is 3.07. The van der Waals surface area contributed by atoms with E-state index in [0.29, 0.717) is 5.82 Å². The molecule has 0 bridgehead atoms. The van der Waals surface area contributed by atoms with Gasteiger partial charge in [0, 0.05) is 19.2 Å². The quantitative estimate of drug-likeness (QED) is 0.724. The Morgan fingerprint density at radius 1 is 1.00 bits per heavy atom. The molecule has 0 N–H and O–H groups in total. The van der Waals surface area contributed by atoms with Crippen LogP contribution in [0.2, 0.25) is 0 Å². The second-order valence-electron chi connectivity index (χ2n) is 6.12. The van der Waals surface area contributed by atoms with E-state index in [9.17, 15) is 4.79 Å². The van der Waals surface area contributed by atoms with Crippen LogP contribution < -0.4 is 5.69 Å². The van der Waals surface area contributed by atoms with Crippen LogP contribution in [0.25, 0.3) is 17.1 Å². The highest BCUT2D eigenvalue weighted by molar-refractivity contribution is 5.60. The lowest BCUT2D eigenvalue weighted by molar-refractivity contribution is 0.414. The zero-order chi connectivity index (χ0) is 17.1. The van der Waals surface area contributed by atoms with Crippen molar-refractivity contribution >= 4 is 0 Å². The summed E-state index contributed by atoms with van der Waals surface area (Å²) in [6, 6.07) is 17.7. The molecule has 0 atom stereocenters. The molecule has 5 heteroatoms. The standard InChI is InChI=1S/C19H22N4O/c1-21(2)14-13-15-9-7-8-12-17(15)18-20-23(19(24)22(18)3)16-10-5-4-6-11-16/h4-12H,13-14H2,1-3H3. The summed E-state index contributed by atoms with van der Waals surface area (Å²) >= 11 is 0. The maximum atomic E-state index is 12.6. The molecular formula is C19H22N4O. The van der Waals surface area contributed by atoms with Gasteiger partial charge in [0.1, 0.15) is 0 Å². The van der Waals surface area contributed by atoms with Gasteiger partial charge in [0.15, 0.2) is 5.82 Å². The number of hydrogen-bond acceptors (Lipinski definition) is 3. The average Bonchev–Trinajstić information content (AvgIpc) is 2.89. The van der Waals surface area contributed by atoms with E-state index in [2.05, 4.69) is 30.2 Å². The zero-order valence-electron chi connectivity index (χ0n) is 14.3. The van der Waals surface area contributed by atoms with Crippen molar-refractivity contribution < 1.29 is 0 Å². The van der Waals surface area contributed by atoms with Crippen molar-refractivity contribution in [1.82, 2.24) is 19.2 Å². The Morgan fingerprint density at radius 3 is 2.38 bits per heavy atom. The molecule has 0 saturated carbocycles. The molecule has 1 heterocycles. The fourth-order valence-corrected chi connectivity index (χ4v) is 2.71. The molecule has 0 aliphatic heterocycles. The molecule has 5 nitrogen and oxygen atoms in total. The van der Waals surface area contributed by atoms with Crippen LogP contribution >= 0.6 is 0 Å². The molecule has 1 aromatic heterocycles. The number of likely N-dealkylation sites (N-methyl/N-ethyl adjacent to an activating group) is 1. The smallest absolute Gasteiger partial charge is 0.309 e. The van der Waals surface area contributed by atoms with Crippen LogP contribution in [0.15, 0.2) is 59.4 Å². The summed E-state index contributed by atoms with van der Waals surface area (Å²) in [6.45, 7) is 0.949. The molecule has 0 fully saturated rings. The summed E-state index contributed by atoms with van der Waals surface area (Å²) in [5, 5.41) is 4.59. The second-order valence-corrected chi connectivity index (χ2v) is 6.12. The van der Waals surface area contributed by atoms with Crippen LogP contribution in [0.4, 0.5) is 0 Å². The summed E-state index contributed by atoms with van der Waals surface area (Å²) in [7, 11) is 5.89. The van der Waals surface area contributed by atoms with Crippen molar-refractivity contribution in [3.05, 3.63) is 70.6 Å². The van der Waals surface area contributed by atoms with Gasteiger partial charge in [-0.25, -0.2) is 4.79 Å². The lowest BCUT2D eigenvalue weighted by atomic mass is 10.0. The molecule has 0 aliphatic carbocycles. The Hall–Kier alpha value is -2.66. The Bertz CT molecular complexity index is 878. The predicted molar refractivity (Wildman–Crippen MR) is 96.5 cm³/mol. The highest BCUT2D eigenvalue weighted by Gasteiger charge is 2.15. The van der Waals surface area contributed by atoms with E-state index in [-0.39, 0.29) is 5.69 Å². The van der Waals surface area contributed by atoms with Crippen molar-refractivity contribution in [2.45, 2.75) is 6.42 Å². The highest BCUT2D eigenvalue weighted by Crippen LogP contribution is 2.21. The van der Waals surface area contributed by atoms with E-state index in [1.54, 1.807) is 11.6 Å². The van der Waals surface area contributed by atoms with E-state index < -0.39 is 0 Å². The minimum Gasteiger partial charge on any atom is -0.309 e. The lowest BCUT2D eigenvalue weighted by Gasteiger charge is -2.12. The van der Waals surface area contributed by atoms with Crippen LogP contribution in [0, 0.1) is 0 Å². The van der Waals surface area contributed by atoms with Gasteiger partial charge < -0.3 is 4.90 Å². The molecule has 0 radical (unpaired) electrons. The summed E-state index contributed by atoms with van der Waals surface area (Å²) in [5.74, 6) is 0.693. The molecule has 24 heavy (non-hydrogen) atoms. The third-order valence-electron chi connectivity index (χ3n) is 4.07. The minimum absolute atomic E-state index is 0.140. The molecule has 0 aliphatic rings. The van der Waals surface area contributed by atoms with Crippen molar-refractivity contribution in [2.75, 3.05) is 20.6 Å². The van der Waals surface area contributed by atoms with Crippen LogP contribution in [-0.2, 0) is 13.5 Å². The maximum Gasteiger partial charge on any atom is 0.350 e. The molecule has 3 aromatic rings. The van der Waals surface area contributed by atoms with Crippen molar-refractivity contribution in [3.63, 3.8) is 0 Å². The molecule has 3 rings (SSSR count). The first kappa shape index (κ1) is 16.2. The Morgan fingerprint density at radius 2 is 1.67 bits per heavy atom. The summed E-state index contributed by atoms with van der Waals surface area (Å²) in [5.41, 5.74) is 2.84. The average molecular weight is 322 g/mol. The fourth-order valence-electron chi connectivity index (χ4n) is 2.71. The molecule has 0 unspecified atom stereocenters. The topological polar surface area (TPSA) is 43.1 Å². The second kappa shape index (κ2) is 6.84. The SMILES string of the molecule is CN(C)CCc1ccccc1-c1nn(-c2ccccc2)c(=O)n1C. The Balaban J connectivity index is 2.07. The fraction of sp³-hybridized carbons (Fsp3) is 0.263. The number of para-hydroxylation sites is 1. The van der Waals surface area contributed by atoms with Crippen molar-refractivity contribution in [1.29, 1.82) is 0 Å². The molecule has 2 aromatic carbocycles. The molecule has 0 amide bonds. The van der Waals surface area contributed by atoms with E-state index in [0.717, 1.165) is 24.2 Å². The lowest BCUT2D eigenvalue weighted by Crippen LogP contribution is -2.21. The van der Waals surface area contributed by atoms with E-state index in [1.165, 1.54) is 10.2 Å². The van der Waals surface area contributed by atoms with Crippen molar-refractivity contribution in [3.8, 4) is 17.1 Å². The molecular weight excluding hydrogens is 300 g/mol. The third-order valence-corrected chi connectivity index (χ3v) is 4.07. The van der Waals surface area contributed by atoms with Crippen LogP contribution in [0.1, 0.15) is 5.56 Å². The van der Waals surface area contributed by atoms with Gasteiger partial charge in [0.2, 0.25) is 0 Å². The van der Waals surface area contributed by atoms with Gasteiger partial charge in [-0.3, -0.25) is 4.57 Å². The van der Waals surface area contributed by atoms with Crippen LogP contribution in [0.3, 0.4) is 0 Å². The first-order valence-electron chi connectivity index (χ1n) is 8.02. The van der Waals surface area contributed by atoms with Gasteiger partial charge in [0.25, 0.3) is 0 Å². The van der Waals surface area contributed by atoms with E-state index >= 15 is 0 Å². The summed E-state index contributed by atoms with van der Waals surface area (Å²) in [6.07, 6.45) is 0.912. The normalized spacial score (nSPS) is 11.2. The first-order chi connectivity index (χ1) is 11.6. The van der Waals surface area contributed by atoms with Gasteiger partial charge in [-0.1, -0.05) is 42.5 Å². The van der Waals surface area contributed by atoms with Crippen LogP contribution in [0.5, 0.6) is 0 Å². The van der Waals surface area contributed by atoms with Gasteiger partial charge in [-0.2, -0.15) is 4.68 Å².